The molecule has 2 saturated carbocycles. The van der Waals surface area contributed by atoms with Gasteiger partial charge in [-0.2, -0.15) is 16.7 Å². The molecule has 0 bridgehead atoms. The van der Waals surface area contributed by atoms with Gasteiger partial charge >= 0.3 is 0 Å². The minimum absolute atomic E-state index is 0.0616. The molecule has 8 rings (SSSR count). The van der Waals surface area contributed by atoms with Gasteiger partial charge in [0.05, 0.1) is 35.1 Å². The van der Waals surface area contributed by atoms with Crippen LogP contribution in [0.2, 0.25) is 5.02 Å². The summed E-state index contributed by atoms with van der Waals surface area (Å²) in [6.07, 6.45) is 10.3. The molecular formula is C52H71ClF2N10O5S2. The molecule has 2 aromatic carbocycles. The van der Waals surface area contributed by atoms with E-state index in [4.69, 9.17) is 16.3 Å². The average Bonchev–Trinajstić information content (AvgIpc) is 3.75. The molecule has 2 aliphatic heterocycles. The van der Waals surface area contributed by atoms with Crippen molar-refractivity contribution in [3.8, 4) is 16.2 Å². The summed E-state index contributed by atoms with van der Waals surface area (Å²) in [4.78, 5) is 67.0. The summed E-state index contributed by atoms with van der Waals surface area (Å²) in [5, 5.41) is 11.8. The van der Waals surface area contributed by atoms with Gasteiger partial charge in [0, 0.05) is 69.2 Å². The molecule has 4 N–H and O–H groups in total. The second-order valence-electron chi connectivity index (χ2n) is 19.7. The number of hydrogen-bond acceptors (Lipinski definition) is 13. The zero-order valence-electron chi connectivity index (χ0n) is 42.6. The first kappa shape index (κ1) is 56.2. The van der Waals surface area contributed by atoms with Crippen molar-refractivity contribution in [3.05, 3.63) is 75.8 Å². The van der Waals surface area contributed by atoms with E-state index in [1.165, 1.54) is 43.1 Å². The number of amides is 4. The summed E-state index contributed by atoms with van der Waals surface area (Å²) < 4.78 is 33.0. The first-order valence-corrected chi connectivity index (χ1v) is 27.1. The Morgan fingerprint density at radius 1 is 1.01 bits per heavy atom. The average molecular weight is 1050 g/mol. The van der Waals surface area contributed by atoms with Gasteiger partial charge in [-0.3, -0.25) is 24.1 Å². The van der Waals surface area contributed by atoms with Crippen LogP contribution in [0.15, 0.2) is 48.1 Å². The number of aromatic nitrogens is 3. The number of alkyl halides is 1. The molecule has 72 heavy (non-hydrogen) atoms. The number of rotatable bonds is 18. The highest BCUT2D eigenvalue weighted by Crippen LogP contribution is 2.42. The lowest BCUT2D eigenvalue weighted by Crippen LogP contribution is -2.59. The summed E-state index contributed by atoms with van der Waals surface area (Å²) in [7, 11) is 3.38. The van der Waals surface area contributed by atoms with Crippen LogP contribution in [0.3, 0.4) is 0 Å². The summed E-state index contributed by atoms with van der Waals surface area (Å²) in [6.45, 7) is 15.7. The van der Waals surface area contributed by atoms with Gasteiger partial charge in [0.2, 0.25) is 24.7 Å². The van der Waals surface area contributed by atoms with Gasteiger partial charge in [0.15, 0.2) is 5.67 Å². The van der Waals surface area contributed by atoms with Gasteiger partial charge in [-0.15, -0.1) is 11.3 Å². The number of likely N-dealkylation sites (tertiary alicyclic amines) is 1. The normalized spacial score (nSPS) is 19.9. The molecule has 2 saturated heterocycles. The van der Waals surface area contributed by atoms with E-state index in [9.17, 15) is 28.0 Å². The van der Waals surface area contributed by atoms with Crippen molar-refractivity contribution in [2.45, 2.75) is 115 Å². The number of halogens is 3. The van der Waals surface area contributed by atoms with Crippen LogP contribution in [0.25, 0.3) is 10.4 Å². The fourth-order valence-electron chi connectivity index (χ4n) is 9.16. The molecule has 4 amide bonds. The third-order valence-corrected chi connectivity index (χ3v) is 16.8. The molecule has 2 aromatic heterocycles. The molecule has 0 spiro atoms. The number of carbonyl (C=O) groups is 4. The first-order valence-electron chi connectivity index (χ1n) is 24.8. The Hall–Kier alpha value is -5.11. The Bertz CT molecular complexity index is 2450. The number of thiazole rings is 1. The third-order valence-electron chi connectivity index (χ3n) is 13.9. The fraction of sp³-hybridized carbons (Fsp3) is 0.558. The van der Waals surface area contributed by atoms with E-state index in [1.54, 1.807) is 43.7 Å². The number of carbonyl (C=O) groups excluding carboxylic acids is 4. The van der Waals surface area contributed by atoms with Crippen LogP contribution in [0.1, 0.15) is 89.0 Å². The minimum Gasteiger partial charge on any atom is -0.495 e. The Morgan fingerprint density at radius 2 is 1.74 bits per heavy atom. The number of piperazine rings is 1. The Kier molecular flexibility index (Phi) is 20.5. The quantitative estimate of drug-likeness (QED) is 0.0699. The number of benzene rings is 2. The van der Waals surface area contributed by atoms with Gasteiger partial charge in [-0.05, 0) is 133 Å². The van der Waals surface area contributed by atoms with Crippen LogP contribution in [0, 0.1) is 31.5 Å². The number of nitrogens with zero attached hydrogens (tertiary/aromatic N) is 6. The first-order chi connectivity index (χ1) is 34.5. The summed E-state index contributed by atoms with van der Waals surface area (Å²) in [5.41, 5.74) is 4.07. The molecule has 2 aliphatic carbocycles. The van der Waals surface area contributed by atoms with Gasteiger partial charge in [-0.25, -0.2) is 18.7 Å². The topological polar surface area (TPSA) is 174 Å². The van der Waals surface area contributed by atoms with Crippen molar-refractivity contribution >= 4 is 76.8 Å². The van der Waals surface area contributed by atoms with E-state index in [2.05, 4.69) is 48.0 Å². The van der Waals surface area contributed by atoms with Crippen molar-refractivity contribution in [2.24, 2.45) is 11.8 Å². The lowest BCUT2D eigenvalue weighted by atomic mass is 9.82. The van der Waals surface area contributed by atoms with E-state index in [0.29, 0.717) is 47.1 Å². The summed E-state index contributed by atoms with van der Waals surface area (Å²) >= 11 is 9.18. The maximum Gasteiger partial charge on any atom is 0.258 e. The van der Waals surface area contributed by atoms with Crippen LogP contribution in [0.5, 0.6) is 5.75 Å². The zero-order chi connectivity index (χ0) is 52.0. The lowest BCUT2D eigenvalue weighted by Gasteiger charge is -2.39. The smallest absolute Gasteiger partial charge is 0.258 e. The largest absolute Gasteiger partial charge is 0.495 e. The summed E-state index contributed by atoms with van der Waals surface area (Å²) in [5.74, 6) is 3.05. The predicted octanol–water partition coefficient (Wildman–Crippen LogP) is 8.81. The highest BCUT2D eigenvalue weighted by atomic mass is 35.5. The van der Waals surface area contributed by atoms with Crippen molar-refractivity contribution in [2.75, 3.05) is 69.8 Å². The number of anilines is 3. The van der Waals surface area contributed by atoms with Crippen LogP contribution in [-0.2, 0) is 25.7 Å². The number of thioether (sulfide) groups is 1. The van der Waals surface area contributed by atoms with E-state index in [-0.39, 0.29) is 37.2 Å². The molecule has 2 atom stereocenters. The monoisotopic (exact) mass is 1050 g/mol. The fourth-order valence-corrected chi connectivity index (χ4v) is 11.5. The lowest BCUT2D eigenvalue weighted by molar-refractivity contribution is -0.139. The van der Waals surface area contributed by atoms with E-state index in [1.807, 2.05) is 61.8 Å². The molecule has 15 nitrogen and oxygen atoms in total. The van der Waals surface area contributed by atoms with E-state index < -0.39 is 22.4 Å². The number of methoxy groups -OCH3 is 1. The second-order valence-corrected chi connectivity index (χ2v) is 22.6. The molecular weight excluding hydrogens is 982 g/mol. The van der Waals surface area contributed by atoms with E-state index >= 15 is 0 Å². The van der Waals surface area contributed by atoms with Crippen molar-refractivity contribution in [3.63, 3.8) is 0 Å². The van der Waals surface area contributed by atoms with Crippen molar-refractivity contribution in [1.29, 1.82) is 0 Å². The maximum atomic E-state index is 14.5. The Labute approximate surface area is 436 Å². The van der Waals surface area contributed by atoms with Crippen LogP contribution < -0.4 is 26.0 Å². The van der Waals surface area contributed by atoms with Gasteiger partial charge < -0.3 is 35.8 Å². The third kappa shape index (κ3) is 15.5. The Morgan fingerprint density at radius 3 is 2.33 bits per heavy atom. The van der Waals surface area contributed by atoms with Crippen LogP contribution in [-0.4, -0.2) is 136 Å². The molecule has 4 fully saturated rings. The number of ether oxygens (including phenoxy) is 1. The highest BCUT2D eigenvalue weighted by molar-refractivity contribution is 8.00. The molecule has 0 radical (unpaired) electrons. The van der Waals surface area contributed by atoms with Crippen molar-refractivity contribution < 1.29 is 32.7 Å². The number of aryl methyl sites for hydroxylation is 2. The molecule has 4 heterocycles. The molecule has 4 aromatic rings. The Balaban J connectivity index is 0.000000197. The maximum absolute atomic E-state index is 14.5. The summed E-state index contributed by atoms with van der Waals surface area (Å²) in [6, 6.07) is 10.3. The SMILES string of the molecule is CC1CCCN1C(=O)C(NC(=O)C1(F)CC1)C(C)(C)SCC1CCC(CN2CCN(C=O)CC2)CC1.CNc1nc(Nc2ccc(C)cc2OC)ncc1Cl.Cc1ncsc1-c1ccc(CNC=O)c(F)c1. The van der Waals surface area contributed by atoms with Crippen LogP contribution >= 0.6 is 34.7 Å². The van der Waals surface area contributed by atoms with E-state index in [0.717, 1.165) is 90.9 Å². The van der Waals surface area contributed by atoms with Crippen molar-refractivity contribution in [1.82, 2.24) is 40.3 Å². The van der Waals surface area contributed by atoms with Gasteiger partial charge in [0.25, 0.3) is 5.91 Å². The number of nitrogens with one attached hydrogen (secondary N) is 4. The molecule has 2 unspecified atom stereocenters. The minimum atomic E-state index is -1.78. The second kappa shape index (κ2) is 26.2. The van der Waals surface area contributed by atoms with Gasteiger partial charge in [0.1, 0.15) is 28.4 Å². The van der Waals surface area contributed by atoms with Crippen LogP contribution in [0.4, 0.5) is 26.2 Å². The molecule has 20 heteroatoms. The molecule has 392 valence electrons. The zero-order valence-corrected chi connectivity index (χ0v) is 45.0. The standard InChI is InChI=1S/C27H45FN4O3S.C13H15ClN4O.C12H11FN2OS/c1-20-5-4-12-32(20)24(34)23(29-25(35)27(28)10-11-27)26(2,3)36-18-22-8-6-21(7-9-22)17-30-13-15-31(19-33)16-14-30;1-8-4-5-10(11(6-8)19-3)17-13-16-7-9(14)12(15-2)18-13;1-8-12(17-7-15-8)9-2-3-10(5-14-6-16)11(13)4-9/h19-23H,4-18H2,1-3H3,(H,29,35);4-7H,1-3H3,(H2,15,16,17,18);2-4,6-7H,5H2,1H3,(H,14,16). The predicted molar refractivity (Wildman–Crippen MR) is 284 cm³/mol. The molecule has 4 aliphatic rings. The highest BCUT2D eigenvalue weighted by Gasteiger charge is 2.53. The van der Waals surface area contributed by atoms with Gasteiger partial charge in [-0.1, -0.05) is 29.8 Å². The number of hydrogen-bond donors (Lipinski definition) is 4.